The van der Waals surface area contributed by atoms with Gasteiger partial charge in [-0.25, -0.2) is 4.98 Å². The van der Waals surface area contributed by atoms with E-state index in [1.54, 1.807) is 0 Å². The molecule has 0 amide bonds. The molecule has 26 heavy (non-hydrogen) atoms. The number of hydrogen-bond donors (Lipinski definition) is 1. The normalized spacial score (nSPS) is 19.4. The molecule has 1 N–H and O–H groups in total. The number of para-hydroxylation sites is 1. The molecule has 2 aromatic carbocycles. The molecule has 0 atom stereocenters. The maximum Gasteiger partial charge on any atom is 0.258 e. The molecule has 4 rings (SSSR count). The standard InChI is InChI=1S/C21H22N2O2S/c1-14-6-5-9-18-20(14)22-19(23-21(18)24)13-26-17-10-16(11-17)25-12-15-7-3-2-4-8-15/h2-9,16-17H,10-13H2,1H3,(H,22,23,24). The molecular weight excluding hydrogens is 344 g/mol. The SMILES string of the molecule is Cc1cccc2c(=O)[nH]c(CSC3CC(OCc4ccccc4)C3)nc12. The lowest BCUT2D eigenvalue weighted by atomic mass is 9.95. The lowest BCUT2D eigenvalue weighted by molar-refractivity contribution is -0.00501. The van der Waals surface area contributed by atoms with Crippen LogP contribution in [0.2, 0.25) is 0 Å². The summed E-state index contributed by atoms with van der Waals surface area (Å²) in [6, 6.07) is 16.0. The van der Waals surface area contributed by atoms with Crippen LogP contribution in [0.3, 0.4) is 0 Å². The van der Waals surface area contributed by atoms with Gasteiger partial charge in [0.25, 0.3) is 5.56 Å². The van der Waals surface area contributed by atoms with Crippen LogP contribution in [0.1, 0.15) is 29.8 Å². The maximum absolute atomic E-state index is 12.2. The molecule has 0 bridgehead atoms. The zero-order valence-electron chi connectivity index (χ0n) is 14.8. The summed E-state index contributed by atoms with van der Waals surface area (Å²) in [6.45, 7) is 2.67. The fourth-order valence-electron chi connectivity index (χ4n) is 3.19. The van der Waals surface area contributed by atoms with Crippen LogP contribution in [-0.2, 0) is 17.1 Å². The fraction of sp³-hybridized carbons (Fsp3) is 0.333. The highest BCUT2D eigenvalue weighted by atomic mass is 32.2. The van der Waals surface area contributed by atoms with Gasteiger partial charge in [-0.05, 0) is 37.0 Å². The second-order valence-electron chi connectivity index (χ2n) is 6.81. The van der Waals surface area contributed by atoms with Gasteiger partial charge in [-0.15, -0.1) is 0 Å². The molecule has 1 aliphatic carbocycles. The van der Waals surface area contributed by atoms with Gasteiger partial charge >= 0.3 is 0 Å². The highest BCUT2D eigenvalue weighted by Crippen LogP contribution is 2.35. The molecule has 3 aromatic rings. The number of thioether (sulfide) groups is 1. The monoisotopic (exact) mass is 366 g/mol. The first-order chi connectivity index (χ1) is 12.7. The van der Waals surface area contributed by atoms with Crippen LogP contribution in [0.5, 0.6) is 0 Å². The molecule has 0 unspecified atom stereocenters. The van der Waals surface area contributed by atoms with Crippen molar-refractivity contribution in [3.8, 4) is 0 Å². The van der Waals surface area contributed by atoms with E-state index < -0.39 is 0 Å². The molecule has 0 aliphatic heterocycles. The van der Waals surface area contributed by atoms with Gasteiger partial charge in [0.2, 0.25) is 0 Å². The van der Waals surface area contributed by atoms with Crippen molar-refractivity contribution in [1.29, 1.82) is 0 Å². The van der Waals surface area contributed by atoms with Crippen LogP contribution >= 0.6 is 11.8 Å². The van der Waals surface area contributed by atoms with E-state index in [2.05, 4.69) is 22.1 Å². The Morgan fingerprint density at radius 1 is 1.15 bits per heavy atom. The number of rotatable bonds is 6. The van der Waals surface area contributed by atoms with Gasteiger partial charge in [0.15, 0.2) is 0 Å². The smallest absolute Gasteiger partial charge is 0.258 e. The summed E-state index contributed by atoms with van der Waals surface area (Å²) in [7, 11) is 0. The second-order valence-corrected chi connectivity index (χ2v) is 8.10. The number of H-pyrrole nitrogens is 1. The lowest BCUT2D eigenvalue weighted by Gasteiger charge is -2.34. The molecule has 0 radical (unpaired) electrons. The Morgan fingerprint density at radius 3 is 2.77 bits per heavy atom. The molecule has 1 fully saturated rings. The molecular formula is C21H22N2O2S. The zero-order chi connectivity index (χ0) is 17.9. The summed E-state index contributed by atoms with van der Waals surface area (Å²) in [5.41, 5.74) is 3.02. The number of aromatic nitrogens is 2. The number of benzene rings is 2. The average molecular weight is 366 g/mol. The van der Waals surface area contributed by atoms with Crippen LogP contribution in [0.15, 0.2) is 53.3 Å². The first-order valence-corrected chi connectivity index (χ1v) is 9.99. The average Bonchev–Trinajstić information content (AvgIpc) is 2.62. The van der Waals surface area contributed by atoms with Gasteiger partial charge in [0, 0.05) is 5.25 Å². The highest BCUT2D eigenvalue weighted by Gasteiger charge is 2.30. The zero-order valence-corrected chi connectivity index (χ0v) is 15.6. The van der Waals surface area contributed by atoms with E-state index >= 15 is 0 Å². The lowest BCUT2D eigenvalue weighted by Crippen LogP contribution is -2.33. The van der Waals surface area contributed by atoms with E-state index in [0.29, 0.717) is 23.3 Å². The third-order valence-corrected chi connectivity index (χ3v) is 6.12. The van der Waals surface area contributed by atoms with Crippen molar-refractivity contribution < 1.29 is 4.74 Å². The fourth-order valence-corrected chi connectivity index (χ4v) is 4.43. The van der Waals surface area contributed by atoms with Crippen molar-refractivity contribution >= 4 is 22.7 Å². The number of fused-ring (bicyclic) bond motifs is 1. The van der Waals surface area contributed by atoms with Crippen LogP contribution in [0.4, 0.5) is 0 Å². The Kier molecular flexibility index (Phi) is 5.09. The van der Waals surface area contributed by atoms with Gasteiger partial charge in [-0.3, -0.25) is 4.79 Å². The van der Waals surface area contributed by atoms with Crippen molar-refractivity contribution in [2.45, 2.75) is 43.5 Å². The van der Waals surface area contributed by atoms with Crippen LogP contribution in [0.25, 0.3) is 10.9 Å². The summed E-state index contributed by atoms with van der Waals surface area (Å²) in [5, 5.41) is 1.24. The largest absolute Gasteiger partial charge is 0.373 e. The Bertz CT molecular complexity index is 949. The molecule has 1 saturated carbocycles. The van der Waals surface area contributed by atoms with Crippen LogP contribution < -0.4 is 5.56 Å². The Labute approximate surface area is 157 Å². The van der Waals surface area contributed by atoms with Gasteiger partial charge in [0.1, 0.15) is 5.82 Å². The van der Waals surface area contributed by atoms with Crippen molar-refractivity contribution in [1.82, 2.24) is 9.97 Å². The third-order valence-electron chi connectivity index (χ3n) is 4.82. The minimum Gasteiger partial charge on any atom is -0.373 e. The molecule has 1 heterocycles. The number of aryl methyl sites for hydroxylation is 1. The predicted octanol–water partition coefficient (Wildman–Crippen LogP) is 4.21. The number of ether oxygens (including phenoxy) is 1. The predicted molar refractivity (Wildman–Crippen MR) is 106 cm³/mol. The topological polar surface area (TPSA) is 55.0 Å². The first-order valence-electron chi connectivity index (χ1n) is 8.94. The van der Waals surface area contributed by atoms with Crippen molar-refractivity contribution in [2.75, 3.05) is 0 Å². The van der Waals surface area contributed by atoms with E-state index in [-0.39, 0.29) is 5.56 Å². The van der Waals surface area contributed by atoms with E-state index in [0.717, 1.165) is 35.5 Å². The number of aromatic amines is 1. The number of nitrogens with zero attached hydrogens (tertiary/aromatic N) is 1. The minimum absolute atomic E-state index is 0.0491. The maximum atomic E-state index is 12.2. The van der Waals surface area contributed by atoms with Crippen molar-refractivity contribution in [2.24, 2.45) is 0 Å². The Balaban J connectivity index is 1.29. The molecule has 4 nitrogen and oxygen atoms in total. The number of nitrogens with one attached hydrogen (secondary N) is 1. The summed E-state index contributed by atoms with van der Waals surface area (Å²) in [5.74, 6) is 1.49. The quantitative estimate of drug-likeness (QED) is 0.710. The van der Waals surface area contributed by atoms with E-state index in [9.17, 15) is 4.79 Å². The van der Waals surface area contributed by atoms with E-state index in [1.807, 2.05) is 55.1 Å². The molecule has 0 spiro atoms. The molecule has 1 aliphatic rings. The molecule has 0 saturated heterocycles. The molecule has 1 aromatic heterocycles. The third kappa shape index (κ3) is 3.84. The molecule has 134 valence electrons. The Hall–Kier alpha value is -2.11. The molecule has 5 heteroatoms. The van der Waals surface area contributed by atoms with Gasteiger partial charge < -0.3 is 9.72 Å². The van der Waals surface area contributed by atoms with Gasteiger partial charge in [0.05, 0.1) is 29.4 Å². The summed E-state index contributed by atoms with van der Waals surface area (Å²) < 4.78 is 5.95. The summed E-state index contributed by atoms with van der Waals surface area (Å²) in [4.78, 5) is 19.8. The van der Waals surface area contributed by atoms with Gasteiger partial charge in [-0.2, -0.15) is 11.8 Å². The summed E-state index contributed by atoms with van der Waals surface area (Å²) in [6.07, 6.45) is 2.47. The van der Waals surface area contributed by atoms with Crippen LogP contribution in [-0.4, -0.2) is 21.3 Å². The van der Waals surface area contributed by atoms with Gasteiger partial charge in [-0.1, -0.05) is 42.5 Å². The second kappa shape index (κ2) is 7.64. The highest BCUT2D eigenvalue weighted by molar-refractivity contribution is 7.99. The Morgan fingerprint density at radius 2 is 1.96 bits per heavy atom. The summed E-state index contributed by atoms with van der Waals surface area (Å²) >= 11 is 1.85. The number of hydrogen-bond acceptors (Lipinski definition) is 4. The van der Waals surface area contributed by atoms with E-state index in [4.69, 9.17) is 4.74 Å². The van der Waals surface area contributed by atoms with E-state index in [1.165, 1.54) is 5.56 Å². The first kappa shape index (κ1) is 17.3. The minimum atomic E-state index is -0.0491. The van der Waals surface area contributed by atoms with Crippen molar-refractivity contribution in [3.63, 3.8) is 0 Å². The van der Waals surface area contributed by atoms with Crippen molar-refractivity contribution in [3.05, 3.63) is 75.8 Å². The van der Waals surface area contributed by atoms with Crippen LogP contribution in [0, 0.1) is 6.92 Å².